The highest BCUT2D eigenvalue weighted by Gasteiger charge is 2.32. The minimum absolute atomic E-state index is 0.0191. The van der Waals surface area contributed by atoms with Crippen LogP contribution in [0.15, 0.2) is 42.6 Å². The maximum absolute atomic E-state index is 12.6. The largest absolute Gasteiger partial charge is 0.472 e. The lowest BCUT2D eigenvalue weighted by Gasteiger charge is -2.18. The Morgan fingerprint density at radius 2 is 2.20 bits per heavy atom. The third-order valence-electron chi connectivity index (χ3n) is 4.66. The first-order valence-electron chi connectivity index (χ1n) is 8.48. The van der Waals surface area contributed by atoms with Crippen molar-refractivity contribution in [2.24, 2.45) is 0 Å². The Hall–Kier alpha value is -2.44. The highest BCUT2D eigenvalue weighted by Crippen LogP contribution is 2.31. The van der Waals surface area contributed by atoms with Gasteiger partial charge in [0.2, 0.25) is 5.88 Å². The van der Waals surface area contributed by atoms with E-state index in [9.17, 15) is 9.90 Å². The second-order valence-corrected chi connectivity index (χ2v) is 6.41. The number of aromatic nitrogens is 1. The van der Waals surface area contributed by atoms with Gasteiger partial charge in [-0.3, -0.25) is 4.79 Å². The molecular formula is C19H20N2O4. The van der Waals surface area contributed by atoms with Crippen molar-refractivity contribution >= 4 is 5.91 Å². The van der Waals surface area contributed by atoms with E-state index in [1.807, 2.05) is 24.3 Å². The molecule has 1 aliphatic carbocycles. The van der Waals surface area contributed by atoms with Gasteiger partial charge in [-0.1, -0.05) is 24.3 Å². The van der Waals surface area contributed by atoms with Gasteiger partial charge in [0.25, 0.3) is 5.91 Å². The van der Waals surface area contributed by atoms with Crippen LogP contribution < -0.4 is 10.1 Å². The molecule has 4 rings (SSSR count). The number of pyridine rings is 1. The molecule has 1 fully saturated rings. The quantitative estimate of drug-likeness (QED) is 0.884. The average Bonchev–Trinajstić information content (AvgIpc) is 3.23. The molecule has 0 radical (unpaired) electrons. The number of amides is 1. The highest BCUT2D eigenvalue weighted by molar-refractivity contribution is 5.94. The molecule has 2 aromatic rings. The fraction of sp³-hybridized carbons (Fsp3) is 0.368. The normalized spacial score (nSPS) is 24.8. The van der Waals surface area contributed by atoms with E-state index in [1.165, 1.54) is 0 Å². The summed E-state index contributed by atoms with van der Waals surface area (Å²) in [7, 11) is 0. The van der Waals surface area contributed by atoms with Gasteiger partial charge in [-0.05, 0) is 17.2 Å². The topological polar surface area (TPSA) is 80.7 Å². The summed E-state index contributed by atoms with van der Waals surface area (Å²) in [5.41, 5.74) is 2.50. The van der Waals surface area contributed by atoms with Crippen LogP contribution in [-0.2, 0) is 11.2 Å². The SMILES string of the molecule is O=C(NC1c2ccccc2CC1O)c1ccnc(OC2CCOC2)c1. The first-order chi connectivity index (χ1) is 12.2. The van der Waals surface area contributed by atoms with Crippen molar-refractivity contribution in [2.75, 3.05) is 13.2 Å². The molecule has 1 saturated heterocycles. The molecule has 6 heteroatoms. The summed E-state index contributed by atoms with van der Waals surface area (Å²) in [5, 5.41) is 13.2. The maximum Gasteiger partial charge on any atom is 0.252 e. The van der Waals surface area contributed by atoms with E-state index in [-0.39, 0.29) is 12.0 Å². The molecule has 1 amide bonds. The fourth-order valence-corrected chi connectivity index (χ4v) is 3.36. The number of aliphatic hydroxyl groups is 1. The summed E-state index contributed by atoms with van der Waals surface area (Å²) in [6.45, 7) is 1.23. The predicted molar refractivity (Wildman–Crippen MR) is 90.4 cm³/mol. The van der Waals surface area contributed by atoms with Crippen molar-refractivity contribution in [1.29, 1.82) is 0 Å². The van der Waals surface area contributed by atoms with Crippen molar-refractivity contribution < 1.29 is 19.4 Å². The lowest BCUT2D eigenvalue weighted by Crippen LogP contribution is -2.33. The van der Waals surface area contributed by atoms with E-state index < -0.39 is 12.1 Å². The second-order valence-electron chi connectivity index (χ2n) is 6.41. The summed E-state index contributed by atoms with van der Waals surface area (Å²) in [4.78, 5) is 16.8. The Bertz CT molecular complexity index is 774. The highest BCUT2D eigenvalue weighted by atomic mass is 16.5. The standard InChI is InChI=1S/C19H20N2O4/c22-16-9-12-3-1-2-4-15(12)18(16)21-19(23)13-5-7-20-17(10-13)25-14-6-8-24-11-14/h1-5,7,10,14,16,18,22H,6,8-9,11H2,(H,21,23). The summed E-state index contributed by atoms with van der Waals surface area (Å²) in [6.07, 6.45) is 2.29. The number of carbonyl (C=O) groups excluding carboxylic acids is 1. The molecule has 3 atom stereocenters. The molecule has 130 valence electrons. The van der Waals surface area contributed by atoms with Gasteiger partial charge in [-0.15, -0.1) is 0 Å². The van der Waals surface area contributed by atoms with Crippen LogP contribution in [0.1, 0.15) is 33.9 Å². The summed E-state index contributed by atoms with van der Waals surface area (Å²) >= 11 is 0. The van der Waals surface area contributed by atoms with Crippen LogP contribution in [0.25, 0.3) is 0 Å². The molecule has 25 heavy (non-hydrogen) atoms. The molecule has 0 bridgehead atoms. The van der Waals surface area contributed by atoms with Gasteiger partial charge in [-0.2, -0.15) is 0 Å². The first-order valence-corrected chi connectivity index (χ1v) is 8.48. The Morgan fingerprint density at radius 3 is 3.04 bits per heavy atom. The molecule has 2 aliphatic rings. The molecule has 0 spiro atoms. The van der Waals surface area contributed by atoms with Gasteiger partial charge in [0.1, 0.15) is 6.10 Å². The van der Waals surface area contributed by atoms with E-state index in [0.29, 0.717) is 31.1 Å². The summed E-state index contributed by atoms with van der Waals surface area (Å²) < 4.78 is 11.0. The van der Waals surface area contributed by atoms with Crippen LogP contribution in [0.5, 0.6) is 5.88 Å². The number of ether oxygens (including phenoxy) is 2. The van der Waals surface area contributed by atoms with Gasteiger partial charge in [0, 0.05) is 30.7 Å². The number of hydrogen-bond acceptors (Lipinski definition) is 5. The molecular weight excluding hydrogens is 320 g/mol. The summed E-state index contributed by atoms with van der Waals surface area (Å²) in [5.74, 6) is 0.159. The Morgan fingerprint density at radius 1 is 1.32 bits per heavy atom. The maximum atomic E-state index is 12.6. The van der Waals surface area contributed by atoms with Crippen molar-refractivity contribution in [2.45, 2.75) is 31.1 Å². The third kappa shape index (κ3) is 3.36. The zero-order valence-electron chi connectivity index (χ0n) is 13.7. The van der Waals surface area contributed by atoms with Gasteiger partial charge >= 0.3 is 0 Å². The summed E-state index contributed by atoms with van der Waals surface area (Å²) in [6, 6.07) is 10.6. The van der Waals surface area contributed by atoms with Crippen molar-refractivity contribution in [3.05, 3.63) is 59.3 Å². The minimum atomic E-state index is -0.616. The van der Waals surface area contributed by atoms with Gasteiger partial charge in [0.15, 0.2) is 0 Å². The molecule has 0 saturated carbocycles. The van der Waals surface area contributed by atoms with Gasteiger partial charge in [-0.25, -0.2) is 4.98 Å². The molecule has 1 aromatic carbocycles. The number of carbonyl (C=O) groups is 1. The predicted octanol–water partition coefficient (Wildman–Crippen LogP) is 1.64. The molecule has 1 aromatic heterocycles. The Labute approximate surface area is 145 Å². The number of nitrogens with zero attached hydrogens (tertiary/aromatic N) is 1. The van der Waals surface area contributed by atoms with Crippen LogP contribution in [0, 0.1) is 0 Å². The second kappa shape index (κ2) is 6.82. The molecule has 2 N–H and O–H groups in total. The fourth-order valence-electron chi connectivity index (χ4n) is 3.36. The Kier molecular flexibility index (Phi) is 4.38. The van der Waals surface area contributed by atoms with Crippen molar-refractivity contribution in [3.63, 3.8) is 0 Å². The number of aliphatic hydroxyl groups excluding tert-OH is 1. The zero-order valence-corrected chi connectivity index (χ0v) is 13.7. The van der Waals surface area contributed by atoms with Crippen LogP contribution in [0.3, 0.4) is 0 Å². The number of rotatable bonds is 4. The van der Waals surface area contributed by atoms with E-state index in [4.69, 9.17) is 9.47 Å². The number of hydrogen-bond donors (Lipinski definition) is 2. The van der Waals surface area contributed by atoms with E-state index in [1.54, 1.807) is 18.3 Å². The van der Waals surface area contributed by atoms with Crippen LogP contribution >= 0.6 is 0 Å². The number of fused-ring (bicyclic) bond motifs is 1. The lowest BCUT2D eigenvalue weighted by atomic mass is 10.1. The van der Waals surface area contributed by atoms with Crippen LogP contribution in [0.2, 0.25) is 0 Å². The smallest absolute Gasteiger partial charge is 0.252 e. The van der Waals surface area contributed by atoms with Gasteiger partial charge < -0.3 is 19.9 Å². The van der Waals surface area contributed by atoms with E-state index >= 15 is 0 Å². The van der Waals surface area contributed by atoms with Crippen molar-refractivity contribution in [1.82, 2.24) is 10.3 Å². The average molecular weight is 340 g/mol. The van der Waals surface area contributed by atoms with E-state index in [0.717, 1.165) is 17.5 Å². The zero-order chi connectivity index (χ0) is 17.2. The van der Waals surface area contributed by atoms with E-state index in [2.05, 4.69) is 10.3 Å². The molecule has 1 aliphatic heterocycles. The molecule has 6 nitrogen and oxygen atoms in total. The lowest BCUT2D eigenvalue weighted by molar-refractivity contribution is 0.0857. The Balaban J connectivity index is 1.48. The van der Waals surface area contributed by atoms with Gasteiger partial charge in [0.05, 0.1) is 25.4 Å². The third-order valence-corrected chi connectivity index (χ3v) is 4.66. The minimum Gasteiger partial charge on any atom is -0.472 e. The monoisotopic (exact) mass is 340 g/mol. The van der Waals surface area contributed by atoms with Crippen LogP contribution in [-0.4, -0.2) is 41.4 Å². The van der Waals surface area contributed by atoms with Crippen LogP contribution in [0.4, 0.5) is 0 Å². The number of nitrogens with one attached hydrogen (secondary N) is 1. The molecule has 3 unspecified atom stereocenters. The number of benzene rings is 1. The van der Waals surface area contributed by atoms with Crippen molar-refractivity contribution in [3.8, 4) is 5.88 Å². The first kappa shape index (κ1) is 16.1. The molecule has 2 heterocycles.